The summed E-state index contributed by atoms with van der Waals surface area (Å²) in [5, 5.41) is 0. The molecular weight excluding hydrogens is 148 g/mol. The van der Waals surface area contributed by atoms with Gasteiger partial charge in [-0.2, -0.15) is 0 Å². The van der Waals surface area contributed by atoms with Crippen molar-refractivity contribution in [2.75, 3.05) is 0 Å². The van der Waals surface area contributed by atoms with Crippen molar-refractivity contribution in [3.05, 3.63) is 23.0 Å². The maximum absolute atomic E-state index is 5.69. The van der Waals surface area contributed by atoms with Crippen molar-refractivity contribution in [3.8, 4) is 0 Å². The van der Waals surface area contributed by atoms with E-state index in [-0.39, 0.29) is 0 Å². The lowest BCUT2D eigenvalue weighted by molar-refractivity contribution is 0.665. The minimum Gasteiger partial charge on any atom is -0.362 e. The van der Waals surface area contributed by atoms with Crippen molar-refractivity contribution < 1.29 is 0 Å². The third-order valence-electron chi connectivity index (χ3n) is 2.13. The molecule has 0 aliphatic carbocycles. The minimum atomic E-state index is 0.305. The second-order valence-corrected chi connectivity index (χ2v) is 3.62. The molecule has 0 saturated heterocycles. The van der Waals surface area contributed by atoms with Gasteiger partial charge < -0.3 is 10.7 Å². The molecule has 0 saturated carbocycles. The second-order valence-electron chi connectivity index (χ2n) is 3.62. The zero-order chi connectivity index (χ0) is 9.14. The molecule has 1 aromatic heterocycles. The van der Waals surface area contributed by atoms with E-state index in [0.717, 1.165) is 12.8 Å². The highest BCUT2D eigenvalue weighted by molar-refractivity contribution is 5.24. The maximum Gasteiger partial charge on any atom is 0.0150 e. The molecule has 1 aromatic rings. The SMILES string of the molecule is Cc1cc(CCC(C)N)c(C)[nH]1. The standard InChI is InChI=1S/C10H18N2/c1-7(11)4-5-10-6-8(2)12-9(10)3/h6-7,12H,4-5,11H2,1-3H3. The first-order chi connectivity index (χ1) is 5.59. The van der Waals surface area contributed by atoms with E-state index < -0.39 is 0 Å². The Balaban J connectivity index is 2.57. The molecular formula is C10H18N2. The van der Waals surface area contributed by atoms with Crippen molar-refractivity contribution in [2.24, 2.45) is 5.73 Å². The van der Waals surface area contributed by atoms with Crippen LogP contribution in [0.4, 0.5) is 0 Å². The molecule has 0 amide bonds. The van der Waals surface area contributed by atoms with Crippen LogP contribution < -0.4 is 5.73 Å². The molecule has 3 N–H and O–H groups in total. The van der Waals surface area contributed by atoms with Crippen molar-refractivity contribution >= 4 is 0 Å². The summed E-state index contributed by atoms with van der Waals surface area (Å²) < 4.78 is 0. The number of nitrogens with two attached hydrogens (primary N) is 1. The third kappa shape index (κ3) is 2.38. The topological polar surface area (TPSA) is 41.8 Å². The number of aromatic amines is 1. The first-order valence-electron chi connectivity index (χ1n) is 4.50. The molecule has 1 unspecified atom stereocenters. The van der Waals surface area contributed by atoms with Crippen LogP contribution >= 0.6 is 0 Å². The molecule has 0 aromatic carbocycles. The van der Waals surface area contributed by atoms with Gasteiger partial charge in [-0.15, -0.1) is 0 Å². The molecule has 0 spiro atoms. The Bertz CT molecular complexity index is 248. The normalized spacial score (nSPS) is 13.3. The van der Waals surface area contributed by atoms with Gasteiger partial charge in [-0.05, 0) is 45.2 Å². The Kier molecular flexibility index (Phi) is 2.93. The highest BCUT2D eigenvalue weighted by Gasteiger charge is 2.02. The van der Waals surface area contributed by atoms with Crippen LogP contribution in [0.5, 0.6) is 0 Å². The average molecular weight is 166 g/mol. The van der Waals surface area contributed by atoms with Crippen LogP contribution in [0, 0.1) is 13.8 Å². The summed E-state index contributed by atoms with van der Waals surface area (Å²) in [6.45, 7) is 6.25. The van der Waals surface area contributed by atoms with Crippen LogP contribution in [0.2, 0.25) is 0 Å². The van der Waals surface area contributed by atoms with Crippen LogP contribution in [-0.2, 0) is 6.42 Å². The van der Waals surface area contributed by atoms with E-state index in [1.807, 2.05) is 0 Å². The first-order valence-corrected chi connectivity index (χ1v) is 4.50. The summed E-state index contributed by atoms with van der Waals surface area (Å²) in [5.74, 6) is 0. The molecule has 0 radical (unpaired) electrons. The highest BCUT2D eigenvalue weighted by Crippen LogP contribution is 2.11. The highest BCUT2D eigenvalue weighted by atomic mass is 14.7. The molecule has 1 rings (SSSR count). The fourth-order valence-electron chi connectivity index (χ4n) is 1.42. The molecule has 1 atom stereocenters. The molecule has 0 aliphatic heterocycles. The van der Waals surface area contributed by atoms with E-state index in [0.29, 0.717) is 6.04 Å². The quantitative estimate of drug-likeness (QED) is 0.707. The zero-order valence-electron chi connectivity index (χ0n) is 8.15. The summed E-state index contributed by atoms with van der Waals surface area (Å²) in [5.41, 5.74) is 9.62. The Morgan fingerprint density at radius 2 is 2.17 bits per heavy atom. The summed E-state index contributed by atoms with van der Waals surface area (Å²) >= 11 is 0. The number of H-pyrrole nitrogens is 1. The van der Waals surface area contributed by atoms with Crippen molar-refractivity contribution in [3.63, 3.8) is 0 Å². The van der Waals surface area contributed by atoms with Crippen LogP contribution in [0.25, 0.3) is 0 Å². The van der Waals surface area contributed by atoms with E-state index in [1.54, 1.807) is 0 Å². The van der Waals surface area contributed by atoms with Crippen molar-refractivity contribution in [2.45, 2.75) is 39.7 Å². The van der Waals surface area contributed by atoms with Gasteiger partial charge in [0.15, 0.2) is 0 Å². The van der Waals surface area contributed by atoms with Crippen molar-refractivity contribution in [1.82, 2.24) is 4.98 Å². The zero-order valence-corrected chi connectivity index (χ0v) is 8.15. The summed E-state index contributed by atoms with van der Waals surface area (Å²) in [6, 6.07) is 2.51. The Morgan fingerprint density at radius 1 is 1.50 bits per heavy atom. The van der Waals surface area contributed by atoms with E-state index in [4.69, 9.17) is 5.73 Å². The predicted molar refractivity (Wildman–Crippen MR) is 52.2 cm³/mol. The number of nitrogens with one attached hydrogen (secondary N) is 1. The Hall–Kier alpha value is -0.760. The van der Waals surface area contributed by atoms with Gasteiger partial charge in [0, 0.05) is 17.4 Å². The van der Waals surface area contributed by atoms with E-state index >= 15 is 0 Å². The van der Waals surface area contributed by atoms with Gasteiger partial charge in [0.05, 0.1) is 0 Å². The smallest absolute Gasteiger partial charge is 0.0150 e. The van der Waals surface area contributed by atoms with Gasteiger partial charge in [0.25, 0.3) is 0 Å². The molecule has 0 aliphatic rings. The largest absolute Gasteiger partial charge is 0.362 e. The fraction of sp³-hybridized carbons (Fsp3) is 0.600. The van der Waals surface area contributed by atoms with E-state index in [1.165, 1.54) is 17.0 Å². The number of hydrogen-bond acceptors (Lipinski definition) is 1. The van der Waals surface area contributed by atoms with Crippen LogP contribution in [0.1, 0.15) is 30.3 Å². The molecule has 2 nitrogen and oxygen atoms in total. The lowest BCUT2D eigenvalue weighted by Crippen LogP contribution is -2.15. The molecule has 12 heavy (non-hydrogen) atoms. The number of rotatable bonds is 3. The number of hydrogen-bond donors (Lipinski definition) is 2. The molecule has 0 fully saturated rings. The molecule has 2 heteroatoms. The monoisotopic (exact) mass is 166 g/mol. The van der Waals surface area contributed by atoms with Crippen LogP contribution in [-0.4, -0.2) is 11.0 Å². The van der Waals surface area contributed by atoms with E-state index in [2.05, 4.69) is 31.8 Å². The van der Waals surface area contributed by atoms with Crippen molar-refractivity contribution in [1.29, 1.82) is 0 Å². The number of aryl methyl sites for hydroxylation is 3. The molecule has 68 valence electrons. The maximum atomic E-state index is 5.69. The van der Waals surface area contributed by atoms with Gasteiger partial charge in [-0.25, -0.2) is 0 Å². The van der Waals surface area contributed by atoms with Crippen LogP contribution in [0.15, 0.2) is 6.07 Å². The third-order valence-corrected chi connectivity index (χ3v) is 2.13. The lowest BCUT2D eigenvalue weighted by Gasteiger charge is -2.03. The minimum absolute atomic E-state index is 0.305. The van der Waals surface area contributed by atoms with Gasteiger partial charge in [0.1, 0.15) is 0 Å². The van der Waals surface area contributed by atoms with Gasteiger partial charge in [-0.3, -0.25) is 0 Å². The lowest BCUT2D eigenvalue weighted by atomic mass is 10.1. The van der Waals surface area contributed by atoms with Gasteiger partial charge in [0.2, 0.25) is 0 Å². The summed E-state index contributed by atoms with van der Waals surface area (Å²) in [7, 11) is 0. The fourth-order valence-corrected chi connectivity index (χ4v) is 1.42. The molecule has 0 bridgehead atoms. The Labute approximate surface area is 74.2 Å². The molecule has 1 heterocycles. The predicted octanol–water partition coefficient (Wildman–Crippen LogP) is 1.91. The second kappa shape index (κ2) is 3.76. The average Bonchev–Trinajstić information content (AvgIpc) is 2.26. The van der Waals surface area contributed by atoms with Crippen LogP contribution in [0.3, 0.4) is 0 Å². The van der Waals surface area contributed by atoms with Gasteiger partial charge in [-0.1, -0.05) is 0 Å². The summed E-state index contributed by atoms with van der Waals surface area (Å²) in [6.07, 6.45) is 2.16. The first kappa shape index (κ1) is 9.33. The van der Waals surface area contributed by atoms with E-state index in [9.17, 15) is 0 Å². The Morgan fingerprint density at radius 3 is 2.58 bits per heavy atom. The number of aromatic nitrogens is 1. The van der Waals surface area contributed by atoms with Gasteiger partial charge >= 0.3 is 0 Å². The summed E-state index contributed by atoms with van der Waals surface area (Å²) in [4.78, 5) is 3.29.